The lowest BCUT2D eigenvalue weighted by Crippen LogP contribution is -2.42. The molecule has 0 aromatic rings. The Morgan fingerprint density at radius 2 is 0.929 bits per heavy atom. The van der Waals surface area contributed by atoms with Crippen LogP contribution in [0.5, 0.6) is 0 Å². The zero-order valence-electron chi connectivity index (χ0n) is 18.0. The third-order valence-electron chi connectivity index (χ3n) is 5.04. The van der Waals surface area contributed by atoms with Gasteiger partial charge in [0.25, 0.3) is 12.8 Å². The summed E-state index contributed by atoms with van der Waals surface area (Å²) in [5.41, 5.74) is 0. The minimum absolute atomic E-state index is 0.0804. The molecule has 0 radical (unpaired) electrons. The SMILES string of the molecule is CO[Si](CCCCCCCCCCCCCCCOC(F)C(F)F)(OC)OC. The van der Waals surface area contributed by atoms with E-state index in [1.54, 1.807) is 21.3 Å². The Hall–Kier alpha value is -0.153. The van der Waals surface area contributed by atoms with Crippen molar-refractivity contribution in [1.82, 2.24) is 0 Å². The second kappa shape index (κ2) is 18.8. The van der Waals surface area contributed by atoms with Crippen LogP contribution in [0.25, 0.3) is 0 Å². The van der Waals surface area contributed by atoms with Crippen LogP contribution in [0.15, 0.2) is 0 Å². The van der Waals surface area contributed by atoms with E-state index in [0.29, 0.717) is 6.42 Å². The summed E-state index contributed by atoms with van der Waals surface area (Å²) in [5.74, 6) is 0. The molecule has 0 bridgehead atoms. The maximum Gasteiger partial charge on any atom is 0.500 e. The smallest absolute Gasteiger partial charge is 0.377 e. The predicted octanol–water partition coefficient (Wildman–Crippen LogP) is 6.51. The molecule has 0 saturated carbocycles. The second-order valence-corrected chi connectivity index (χ2v) is 10.3. The summed E-state index contributed by atoms with van der Waals surface area (Å²) in [7, 11) is 2.59. The first-order chi connectivity index (χ1) is 13.5. The molecule has 0 amide bonds. The molecule has 1 atom stereocenters. The largest absolute Gasteiger partial charge is 0.500 e. The topological polar surface area (TPSA) is 36.9 Å². The van der Waals surface area contributed by atoms with Crippen molar-refractivity contribution < 1.29 is 31.2 Å². The van der Waals surface area contributed by atoms with E-state index in [2.05, 4.69) is 4.74 Å². The van der Waals surface area contributed by atoms with Crippen molar-refractivity contribution in [1.29, 1.82) is 0 Å². The molecule has 0 aliphatic carbocycles. The number of rotatable bonds is 21. The van der Waals surface area contributed by atoms with Crippen molar-refractivity contribution in [2.24, 2.45) is 0 Å². The number of unbranched alkanes of at least 4 members (excludes halogenated alkanes) is 12. The monoisotopic (exact) mass is 430 g/mol. The standard InChI is InChI=1S/C20H41F3O4Si/c1-24-28(25-2,26-3)18-16-14-12-10-8-6-4-5-7-9-11-13-15-17-27-20(23)19(21)22/h19-20H,4-18H2,1-3H3. The third-order valence-corrected chi connectivity index (χ3v) is 7.87. The van der Waals surface area contributed by atoms with Gasteiger partial charge in [0.1, 0.15) is 0 Å². The molecule has 0 saturated heterocycles. The summed E-state index contributed by atoms with van der Waals surface area (Å²) in [6.45, 7) is 0.0804. The van der Waals surface area contributed by atoms with Gasteiger partial charge in [-0.15, -0.1) is 0 Å². The predicted molar refractivity (Wildman–Crippen MR) is 108 cm³/mol. The molecule has 0 aromatic heterocycles. The minimum Gasteiger partial charge on any atom is -0.377 e. The van der Waals surface area contributed by atoms with Gasteiger partial charge >= 0.3 is 8.80 Å². The van der Waals surface area contributed by atoms with Crippen LogP contribution in [0, 0.1) is 0 Å². The Bertz CT molecular complexity index is 326. The van der Waals surface area contributed by atoms with Crippen molar-refractivity contribution in [3.05, 3.63) is 0 Å². The average Bonchev–Trinajstić information content (AvgIpc) is 2.70. The molecule has 4 nitrogen and oxygen atoms in total. The van der Waals surface area contributed by atoms with Gasteiger partial charge < -0.3 is 18.0 Å². The fraction of sp³-hybridized carbons (Fsp3) is 1.00. The molecule has 8 heteroatoms. The zero-order chi connectivity index (χ0) is 21.1. The quantitative estimate of drug-likeness (QED) is 0.154. The van der Waals surface area contributed by atoms with Gasteiger partial charge in [-0.2, -0.15) is 0 Å². The molecule has 170 valence electrons. The Kier molecular flexibility index (Phi) is 18.7. The fourth-order valence-electron chi connectivity index (χ4n) is 3.21. The maximum absolute atomic E-state index is 12.5. The summed E-state index contributed by atoms with van der Waals surface area (Å²) in [6.07, 6.45) is 9.39. The molecule has 0 heterocycles. The van der Waals surface area contributed by atoms with E-state index < -0.39 is 21.6 Å². The molecule has 0 fully saturated rings. The van der Waals surface area contributed by atoms with E-state index in [4.69, 9.17) is 13.3 Å². The van der Waals surface area contributed by atoms with E-state index in [1.807, 2.05) is 0 Å². The van der Waals surface area contributed by atoms with Gasteiger partial charge in [0, 0.05) is 27.4 Å². The van der Waals surface area contributed by atoms with Gasteiger partial charge in [-0.3, -0.25) is 0 Å². The van der Waals surface area contributed by atoms with Crippen molar-refractivity contribution in [3.8, 4) is 0 Å². The van der Waals surface area contributed by atoms with Crippen LogP contribution in [0.4, 0.5) is 13.2 Å². The number of halogens is 3. The Labute approximate surface area is 170 Å². The third kappa shape index (κ3) is 14.8. The average molecular weight is 431 g/mol. The van der Waals surface area contributed by atoms with Gasteiger partial charge in [0.05, 0.1) is 6.61 Å². The summed E-state index contributed by atoms with van der Waals surface area (Å²) in [6, 6.07) is 0.878. The van der Waals surface area contributed by atoms with E-state index in [-0.39, 0.29) is 6.61 Å². The second-order valence-electron chi connectivity index (χ2n) is 7.20. The molecular formula is C20H41F3O4Si. The molecule has 0 N–H and O–H groups in total. The highest BCUT2D eigenvalue weighted by Crippen LogP contribution is 2.19. The highest BCUT2D eigenvalue weighted by Gasteiger charge is 2.36. The van der Waals surface area contributed by atoms with E-state index in [1.165, 1.54) is 51.4 Å². The molecule has 0 aliphatic rings. The Morgan fingerprint density at radius 1 is 0.571 bits per heavy atom. The summed E-state index contributed by atoms with van der Waals surface area (Å²) in [5, 5.41) is 0. The summed E-state index contributed by atoms with van der Waals surface area (Å²) in [4.78, 5) is 0. The molecule has 0 aromatic carbocycles. The molecular weight excluding hydrogens is 389 g/mol. The van der Waals surface area contributed by atoms with Gasteiger partial charge in [0.2, 0.25) is 0 Å². The first-order valence-corrected chi connectivity index (χ1v) is 12.6. The maximum atomic E-state index is 12.5. The van der Waals surface area contributed by atoms with Crippen molar-refractivity contribution >= 4 is 8.80 Å². The van der Waals surface area contributed by atoms with Gasteiger partial charge in [0.15, 0.2) is 0 Å². The number of ether oxygens (including phenoxy) is 1. The van der Waals surface area contributed by atoms with E-state index in [0.717, 1.165) is 31.7 Å². The van der Waals surface area contributed by atoms with Gasteiger partial charge in [-0.1, -0.05) is 70.6 Å². The van der Waals surface area contributed by atoms with Crippen molar-refractivity contribution in [2.75, 3.05) is 27.9 Å². The fourth-order valence-corrected chi connectivity index (χ4v) is 5.01. The summed E-state index contributed by atoms with van der Waals surface area (Å²) >= 11 is 0. The van der Waals surface area contributed by atoms with Crippen LogP contribution in [0.1, 0.15) is 83.5 Å². The van der Waals surface area contributed by atoms with Crippen LogP contribution in [0.2, 0.25) is 6.04 Å². The normalized spacial score (nSPS) is 13.4. The molecule has 1 unspecified atom stereocenters. The molecule has 28 heavy (non-hydrogen) atoms. The molecule has 0 rings (SSSR count). The lowest BCUT2D eigenvalue weighted by atomic mass is 10.0. The van der Waals surface area contributed by atoms with Crippen LogP contribution in [0.3, 0.4) is 0 Å². The highest BCUT2D eigenvalue weighted by atomic mass is 28.4. The molecule has 0 spiro atoms. The van der Waals surface area contributed by atoms with Crippen LogP contribution in [-0.2, 0) is 18.0 Å². The summed E-state index contributed by atoms with van der Waals surface area (Å²) < 4.78 is 56.9. The lowest BCUT2D eigenvalue weighted by Gasteiger charge is -2.24. The van der Waals surface area contributed by atoms with Gasteiger partial charge in [-0.05, 0) is 12.8 Å². The first kappa shape index (κ1) is 27.8. The number of hydrogen-bond acceptors (Lipinski definition) is 4. The van der Waals surface area contributed by atoms with Crippen LogP contribution < -0.4 is 0 Å². The zero-order valence-corrected chi connectivity index (χ0v) is 19.0. The molecule has 0 aliphatic heterocycles. The van der Waals surface area contributed by atoms with Crippen molar-refractivity contribution in [2.45, 2.75) is 102 Å². The van der Waals surface area contributed by atoms with E-state index in [9.17, 15) is 13.2 Å². The Balaban J connectivity index is 3.26. The Morgan fingerprint density at radius 3 is 1.29 bits per heavy atom. The number of alkyl halides is 3. The minimum atomic E-state index is -3.04. The van der Waals surface area contributed by atoms with Crippen LogP contribution in [-0.4, -0.2) is 49.5 Å². The number of hydrogen-bond donors (Lipinski definition) is 0. The van der Waals surface area contributed by atoms with Gasteiger partial charge in [-0.25, -0.2) is 13.2 Å². The lowest BCUT2D eigenvalue weighted by molar-refractivity contribution is -0.128. The first-order valence-electron chi connectivity index (χ1n) is 10.7. The van der Waals surface area contributed by atoms with Crippen molar-refractivity contribution in [3.63, 3.8) is 0 Å². The van der Waals surface area contributed by atoms with E-state index >= 15 is 0 Å². The van der Waals surface area contributed by atoms with Crippen LogP contribution >= 0.6 is 0 Å². The highest BCUT2D eigenvalue weighted by molar-refractivity contribution is 6.60.